The second-order valence-corrected chi connectivity index (χ2v) is 6.40. The molecule has 0 spiro atoms. The molecule has 0 atom stereocenters. The van der Waals surface area contributed by atoms with Crippen LogP contribution in [0.5, 0.6) is 0 Å². The van der Waals surface area contributed by atoms with Gasteiger partial charge < -0.3 is 5.32 Å². The number of pyridine rings is 1. The molecule has 3 rings (SSSR count). The van der Waals surface area contributed by atoms with E-state index in [-0.39, 0.29) is 5.91 Å². The van der Waals surface area contributed by atoms with Crippen LogP contribution in [0.15, 0.2) is 35.2 Å². The zero-order chi connectivity index (χ0) is 14.8. The molecule has 1 amide bonds. The average molecular weight is 315 g/mol. The van der Waals surface area contributed by atoms with Gasteiger partial charge in [-0.15, -0.1) is 11.3 Å². The first-order chi connectivity index (χ1) is 10.1. The average Bonchev–Trinajstić information content (AvgIpc) is 3.07. The number of amides is 1. The highest BCUT2D eigenvalue weighted by atomic mass is 32.1. The van der Waals surface area contributed by atoms with Crippen molar-refractivity contribution in [2.75, 3.05) is 5.32 Å². The van der Waals surface area contributed by atoms with Crippen LogP contribution in [0.2, 0.25) is 0 Å². The fourth-order valence-electron chi connectivity index (χ4n) is 1.89. The molecule has 0 radical (unpaired) electrons. The van der Waals surface area contributed by atoms with Crippen LogP contribution < -0.4 is 5.32 Å². The molecule has 3 heterocycles. The lowest BCUT2D eigenvalue weighted by Gasteiger charge is -2.03. The number of hydrogen-bond donors (Lipinski definition) is 1. The van der Waals surface area contributed by atoms with Gasteiger partial charge in [0.25, 0.3) is 5.91 Å². The summed E-state index contributed by atoms with van der Waals surface area (Å²) in [5, 5.41) is 7.73. The van der Waals surface area contributed by atoms with Gasteiger partial charge in [0.15, 0.2) is 0 Å². The summed E-state index contributed by atoms with van der Waals surface area (Å²) >= 11 is 3.02. The molecule has 0 aliphatic carbocycles. The summed E-state index contributed by atoms with van der Waals surface area (Å²) in [6.45, 7) is 3.81. The Labute approximate surface area is 130 Å². The summed E-state index contributed by atoms with van der Waals surface area (Å²) < 4.78 is 0. The molecule has 3 aromatic rings. The number of aromatic nitrogens is 2. The van der Waals surface area contributed by atoms with Crippen molar-refractivity contribution in [3.05, 3.63) is 51.3 Å². The Balaban J connectivity index is 1.85. The number of nitrogens with zero attached hydrogens (tertiary/aromatic N) is 2. The van der Waals surface area contributed by atoms with Gasteiger partial charge in [0.1, 0.15) is 15.7 Å². The quantitative estimate of drug-likeness (QED) is 0.790. The number of nitrogens with one attached hydrogen (secondary N) is 1. The van der Waals surface area contributed by atoms with Gasteiger partial charge >= 0.3 is 0 Å². The number of rotatable bonds is 3. The molecule has 4 nitrogen and oxygen atoms in total. The summed E-state index contributed by atoms with van der Waals surface area (Å²) in [7, 11) is 0. The Hall–Kier alpha value is -2.05. The van der Waals surface area contributed by atoms with Crippen LogP contribution in [0.4, 0.5) is 5.82 Å². The van der Waals surface area contributed by atoms with Crippen molar-refractivity contribution < 1.29 is 4.79 Å². The Bertz CT molecular complexity index is 778. The maximum atomic E-state index is 12.4. The van der Waals surface area contributed by atoms with E-state index in [1.807, 2.05) is 42.8 Å². The van der Waals surface area contributed by atoms with E-state index in [1.165, 1.54) is 11.3 Å². The highest BCUT2D eigenvalue weighted by Crippen LogP contribution is 2.29. The topological polar surface area (TPSA) is 54.9 Å². The van der Waals surface area contributed by atoms with E-state index < -0.39 is 0 Å². The minimum absolute atomic E-state index is 0.162. The summed E-state index contributed by atoms with van der Waals surface area (Å²) in [5.41, 5.74) is 2.85. The van der Waals surface area contributed by atoms with E-state index in [9.17, 15) is 4.79 Å². The van der Waals surface area contributed by atoms with Crippen LogP contribution in [0.3, 0.4) is 0 Å². The minimum atomic E-state index is -0.162. The van der Waals surface area contributed by atoms with Gasteiger partial charge in [0.05, 0.1) is 5.69 Å². The first kappa shape index (κ1) is 13.9. The normalized spacial score (nSPS) is 10.6. The molecule has 0 unspecified atom stereocenters. The van der Waals surface area contributed by atoms with Crippen LogP contribution >= 0.6 is 22.7 Å². The Morgan fingerprint density at radius 2 is 2.14 bits per heavy atom. The van der Waals surface area contributed by atoms with Crippen LogP contribution in [0, 0.1) is 13.8 Å². The maximum absolute atomic E-state index is 12.4. The van der Waals surface area contributed by atoms with Crippen molar-refractivity contribution in [2.24, 2.45) is 0 Å². The predicted molar refractivity (Wildman–Crippen MR) is 87.1 cm³/mol. The highest BCUT2D eigenvalue weighted by molar-refractivity contribution is 7.17. The largest absolute Gasteiger partial charge is 0.306 e. The summed E-state index contributed by atoms with van der Waals surface area (Å²) in [5.74, 6) is 0.398. The molecule has 0 bridgehead atoms. The molecule has 0 aromatic carbocycles. The monoisotopic (exact) mass is 315 g/mol. The van der Waals surface area contributed by atoms with Crippen molar-refractivity contribution in [3.8, 4) is 10.6 Å². The lowest BCUT2D eigenvalue weighted by Crippen LogP contribution is -2.12. The zero-order valence-electron chi connectivity index (χ0n) is 11.6. The van der Waals surface area contributed by atoms with Crippen molar-refractivity contribution in [2.45, 2.75) is 13.8 Å². The molecular formula is C15H13N3OS2. The van der Waals surface area contributed by atoms with E-state index >= 15 is 0 Å². The van der Waals surface area contributed by atoms with Crippen LogP contribution in [-0.2, 0) is 0 Å². The number of thiophene rings is 1. The summed E-state index contributed by atoms with van der Waals surface area (Å²) in [6.07, 6.45) is 1.68. The lowest BCUT2D eigenvalue weighted by atomic mass is 10.3. The number of carbonyl (C=O) groups excluding carboxylic acids is 1. The van der Waals surface area contributed by atoms with Crippen LogP contribution in [-0.4, -0.2) is 15.9 Å². The first-order valence-corrected chi connectivity index (χ1v) is 8.13. The van der Waals surface area contributed by atoms with Gasteiger partial charge in [-0.25, -0.2) is 9.97 Å². The van der Waals surface area contributed by atoms with E-state index in [1.54, 1.807) is 17.5 Å². The number of hydrogen-bond acceptors (Lipinski definition) is 5. The second-order valence-electron chi connectivity index (χ2n) is 4.62. The zero-order valence-corrected chi connectivity index (χ0v) is 13.2. The van der Waals surface area contributed by atoms with Gasteiger partial charge in [0.2, 0.25) is 0 Å². The summed E-state index contributed by atoms with van der Waals surface area (Å²) in [6, 6.07) is 5.74. The Kier molecular flexibility index (Phi) is 3.81. The fraction of sp³-hybridized carbons (Fsp3) is 0.133. The smallest absolute Gasteiger partial charge is 0.268 e. The number of carbonyl (C=O) groups is 1. The Morgan fingerprint density at radius 1 is 1.29 bits per heavy atom. The molecular weight excluding hydrogens is 302 g/mol. The number of anilines is 1. The van der Waals surface area contributed by atoms with Crippen LogP contribution in [0.1, 0.15) is 20.9 Å². The maximum Gasteiger partial charge on any atom is 0.268 e. The third kappa shape index (κ3) is 3.01. The van der Waals surface area contributed by atoms with Gasteiger partial charge in [-0.05, 0) is 43.0 Å². The van der Waals surface area contributed by atoms with E-state index in [0.29, 0.717) is 10.7 Å². The lowest BCUT2D eigenvalue weighted by molar-refractivity contribution is 0.102. The van der Waals surface area contributed by atoms with Crippen molar-refractivity contribution in [1.82, 2.24) is 9.97 Å². The third-order valence-electron chi connectivity index (χ3n) is 2.93. The first-order valence-electron chi connectivity index (χ1n) is 6.37. The molecule has 0 aliphatic heterocycles. The molecule has 6 heteroatoms. The Morgan fingerprint density at radius 3 is 2.86 bits per heavy atom. The third-order valence-corrected chi connectivity index (χ3v) is 4.82. The van der Waals surface area contributed by atoms with Crippen LogP contribution in [0.25, 0.3) is 10.6 Å². The number of thiazole rings is 1. The highest BCUT2D eigenvalue weighted by Gasteiger charge is 2.16. The van der Waals surface area contributed by atoms with E-state index in [2.05, 4.69) is 15.3 Å². The molecule has 0 fully saturated rings. The SMILES string of the molecule is Cc1ccnc(NC(=O)c2sc(-c3ccsc3)nc2C)c1. The van der Waals surface area contributed by atoms with E-state index in [0.717, 1.165) is 21.8 Å². The van der Waals surface area contributed by atoms with Crippen molar-refractivity contribution in [1.29, 1.82) is 0 Å². The van der Waals surface area contributed by atoms with Crippen molar-refractivity contribution in [3.63, 3.8) is 0 Å². The second kappa shape index (κ2) is 5.75. The van der Waals surface area contributed by atoms with Crippen molar-refractivity contribution >= 4 is 34.4 Å². The molecule has 3 aromatic heterocycles. The number of aryl methyl sites for hydroxylation is 2. The van der Waals surface area contributed by atoms with Gasteiger partial charge in [-0.2, -0.15) is 11.3 Å². The molecule has 0 aliphatic rings. The molecule has 1 N–H and O–H groups in total. The predicted octanol–water partition coefficient (Wildman–Crippen LogP) is 4.14. The standard InChI is InChI=1S/C15H13N3OS2/c1-9-3-5-16-12(7-9)18-14(19)13-10(2)17-15(21-13)11-4-6-20-8-11/h3-8H,1-2H3,(H,16,18,19). The van der Waals surface area contributed by atoms with Gasteiger partial charge in [0, 0.05) is 17.1 Å². The molecule has 0 saturated carbocycles. The summed E-state index contributed by atoms with van der Waals surface area (Å²) in [4.78, 5) is 21.6. The van der Waals surface area contributed by atoms with E-state index in [4.69, 9.17) is 0 Å². The minimum Gasteiger partial charge on any atom is -0.306 e. The molecule has 0 saturated heterocycles. The van der Waals surface area contributed by atoms with Gasteiger partial charge in [-0.1, -0.05) is 0 Å². The van der Waals surface area contributed by atoms with Gasteiger partial charge in [-0.3, -0.25) is 4.79 Å². The fourth-order valence-corrected chi connectivity index (χ4v) is 3.57. The molecule has 106 valence electrons. The molecule has 21 heavy (non-hydrogen) atoms.